The van der Waals surface area contributed by atoms with E-state index in [1.807, 2.05) is 12.1 Å². The van der Waals surface area contributed by atoms with Gasteiger partial charge in [-0.2, -0.15) is 0 Å². The molecule has 0 heterocycles. The Bertz CT molecular complexity index is 698. The lowest BCUT2D eigenvalue weighted by atomic mass is 10.0. The van der Waals surface area contributed by atoms with Crippen LogP contribution in [0.15, 0.2) is 72.6 Å². The van der Waals surface area contributed by atoms with E-state index in [2.05, 4.69) is 11.4 Å². The van der Waals surface area contributed by atoms with Gasteiger partial charge < -0.3 is 0 Å². The molecule has 5 heteroatoms. The predicted octanol–water partition coefficient (Wildman–Crippen LogP) is 3.74. The summed E-state index contributed by atoms with van der Waals surface area (Å²) < 4.78 is 0. The van der Waals surface area contributed by atoms with Crippen molar-refractivity contribution in [1.29, 1.82) is 5.26 Å². The number of allylic oxidation sites excluding steroid dienone is 6. The van der Waals surface area contributed by atoms with Crippen LogP contribution in [0.1, 0.15) is 5.56 Å². The molecular weight excluding hydrogens is 266 g/mol. The molecule has 0 aliphatic heterocycles. The average molecular weight is 277 g/mol. The van der Waals surface area contributed by atoms with Crippen molar-refractivity contribution >= 4 is 5.57 Å². The topological polar surface area (TPSA) is 71.3 Å². The van der Waals surface area contributed by atoms with Crippen LogP contribution in [-0.4, -0.2) is 4.92 Å². The van der Waals surface area contributed by atoms with Crippen LogP contribution in [0, 0.1) is 28.0 Å². The molecule has 1 rings (SSSR count). The van der Waals surface area contributed by atoms with Gasteiger partial charge in [-0.05, 0) is 11.1 Å². The number of nitriles is 1. The van der Waals surface area contributed by atoms with Crippen molar-refractivity contribution < 1.29 is 4.92 Å². The molecule has 0 saturated carbocycles. The van der Waals surface area contributed by atoms with E-state index in [4.69, 9.17) is 11.8 Å². The van der Waals surface area contributed by atoms with Gasteiger partial charge in [-0.25, -0.2) is 10.1 Å². The summed E-state index contributed by atoms with van der Waals surface area (Å²) in [4.78, 5) is 13.3. The van der Waals surface area contributed by atoms with E-state index >= 15 is 0 Å². The van der Waals surface area contributed by atoms with Crippen LogP contribution >= 0.6 is 0 Å². The second kappa shape index (κ2) is 7.88. The molecule has 1 aromatic carbocycles. The lowest BCUT2D eigenvalue weighted by molar-refractivity contribution is -0.418. The molecule has 21 heavy (non-hydrogen) atoms. The second-order valence-corrected chi connectivity index (χ2v) is 3.76. The van der Waals surface area contributed by atoms with Crippen molar-refractivity contribution in [3.63, 3.8) is 0 Å². The van der Waals surface area contributed by atoms with Gasteiger partial charge in [0.15, 0.2) is 0 Å². The molecule has 0 atom stereocenters. The number of rotatable bonds is 5. The van der Waals surface area contributed by atoms with Gasteiger partial charge in [0.2, 0.25) is 0 Å². The molecule has 0 N–H and O–H groups in total. The number of hydrogen-bond acceptors (Lipinski definition) is 3. The van der Waals surface area contributed by atoms with Gasteiger partial charge in [-0.15, -0.1) is 0 Å². The Balaban J connectivity index is 3.28. The first-order valence-electron chi connectivity index (χ1n) is 5.86. The molecule has 1 aromatic rings. The number of nitro groups is 1. The number of nitrogens with zero attached hydrogens (tertiary/aromatic N) is 3. The van der Waals surface area contributed by atoms with E-state index in [0.29, 0.717) is 11.1 Å². The summed E-state index contributed by atoms with van der Waals surface area (Å²) in [7, 11) is 0. The van der Waals surface area contributed by atoms with Crippen molar-refractivity contribution in [3.05, 3.63) is 99.7 Å². The van der Waals surface area contributed by atoms with Crippen LogP contribution in [0.3, 0.4) is 0 Å². The SMILES string of the molecule is [C-]#[N+]C(C#N)=C(/C=C/C=C(\C=C)[N+](=O)[O-])c1ccccc1. The van der Waals surface area contributed by atoms with Gasteiger partial charge >= 0.3 is 0 Å². The maximum atomic E-state index is 10.6. The fraction of sp³-hybridized carbons (Fsp3) is 0. The molecule has 0 spiro atoms. The highest BCUT2D eigenvalue weighted by Gasteiger charge is 2.06. The average Bonchev–Trinajstić information content (AvgIpc) is 2.51. The Morgan fingerprint density at radius 1 is 1.43 bits per heavy atom. The first-order chi connectivity index (χ1) is 10.1. The third-order valence-corrected chi connectivity index (χ3v) is 2.51. The molecule has 5 nitrogen and oxygen atoms in total. The fourth-order valence-electron chi connectivity index (χ4n) is 1.52. The highest BCUT2D eigenvalue weighted by molar-refractivity contribution is 5.80. The van der Waals surface area contributed by atoms with Gasteiger partial charge in [-0.1, -0.05) is 49.1 Å². The van der Waals surface area contributed by atoms with Crippen molar-refractivity contribution in [2.24, 2.45) is 0 Å². The lowest BCUT2D eigenvalue weighted by Gasteiger charge is -2.02. The molecule has 102 valence electrons. The van der Waals surface area contributed by atoms with E-state index in [1.54, 1.807) is 24.3 Å². The second-order valence-electron chi connectivity index (χ2n) is 3.76. The lowest BCUT2D eigenvalue weighted by Crippen LogP contribution is -1.93. The summed E-state index contributed by atoms with van der Waals surface area (Å²) in [6, 6.07) is 10.7. The molecular formula is C16H11N3O2. The summed E-state index contributed by atoms with van der Waals surface area (Å²) in [6.45, 7) is 10.4. The highest BCUT2D eigenvalue weighted by Crippen LogP contribution is 2.21. The quantitative estimate of drug-likeness (QED) is 0.270. The van der Waals surface area contributed by atoms with E-state index in [0.717, 1.165) is 6.08 Å². The van der Waals surface area contributed by atoms with E-state index in [1.165, 1.54) is 18.2 Å². The van der Waals surface area contributed by atoms with Crippen molar-refractivity contribution in [2.45, 2.75) is 0 Å². The zero-order valence-electron chi connectivity index (χ0n) is 11.1. The number of hydrogen-bond donors (Lipinski definition) is 0. The fourth-order valence-corrected chi connectivity index (χ4v) is 1.52. The minimum absolute atomic E-state index is 0.0768. The highest BCUT2D eigenvalue weighted by atomic mass is 16.6. The van der Waals surface area contributed by atoms with Crippen LogP contribution in [0.2, 0.25) is 0 Å². The van der Waals surface area contributed by atoms with E-state index in [-0.39, 0.29) is 11.4 Å². The third-order valence-electron chi connectivity index (χ3n) is 2.51. The third kappa shape index (κ3) is 4.30. The maximum absolute atomic E-state index is 10.6. The van der Waals surface area contributed by atoms with Crippen LogP contribution in [0.5, 0.6) is 0 Å². The van der Waals surface area contributed by atoms with Crippen molar-refractivity contribution in [2.75, 3.05) is 0 Å². The first-order valence-corrected chi connectivity index (χ1v) is 5.86. The summed E-state index contributed by atoms with van der Waals surface area (Å²) >= 11 is 0. The summed E-state index contributed by atoms with van der Waals surface area (Å²) in [5.74, 6) is 0. The van der Waals surface area contributed by atoms with Gasteiger partial charge in [-0.3, -0.25) is 10.1 Å². The van der Waals surface area contributed by atoms with Crippen LogP contribution in [-0.2, 0) is 0 Å². The molecule has 0 saturated heterocycles. The Kier molecular flexibility index (Phi) is 5.86. The molecule has 0 aromatic heterocycles. The monoisotopic (exact) mass is 277 g/mol. The van der Waals surface area contributed by atoms with Crippen LogP contribution in [0.25, 0.3) is 10.4 Å². The Morgan fingerprint density at radius 3 is 2.57 bits per heavy atom. The molecule has 0 bridgehead atoms. The van der Waals surface area contributed by atoms with Crippen molar-refractivity contribution in [3.8, 4) is 6.07 Å². The molecule has 0 unspecified atom stereocenters. The van der Waals surface area contributed by atoms with E-state index in [9.17, 15) is 10.1 Å². The van der Waals surface area contributed by atoms with Gasteiger partial charge in [0.25, 0.3) is 11.4 Å². The molecule has 0 radical (unpaired) electrons. The Labute approximate surface area is 122 Å². The maximum Gasteiger partial charge on any atom is 0.269 e. The largest absolute Gasteiger partial charge is 0.269 e. The van der Waals surface area contributed by atoms with Gasteiger partial charge in [0.1, 0.15) is 0 Å². The molecule has 0 amide bonds. The van der Waals surface area contributed by atoms with Crippen molar-refractivity contribution in [1.82, 2.24) is 0 Å². The minimum atomic E-state index is -0.566. The summed E-state index contributed by atoms with van der Waals surface area (Å²) in [5.41, 5.74) is 0.860. The standard InChI is InChI=1S/C16H11N3O2/c1-3-14(19(20)21)10-7-11-15(16(12-17)18-2)13-8-5-4-6-9-13/h3-11H,1H2/b11-7+,14-10+,16-15?. The molecule has 0 fully saturated rings. The zero-order valence-corrected chi connectivity index (χ0v) is 11.1. The molecule has 0 aliphatic rings. The Morgan fingerprint density at radius 2 is 2.10 bits per heavy atom. The summed E-state index contributed by atoms with van der Waals surface area (Å²) in [5, 5.41) is 19.6. The normalized spacial score (nSPS) is 12.2. The first kappa shape index (κ1) is 15.6. The van der Waals surface area contributed by atoms with Crippen LogP contribution in [0.4, 0.5) is 0 Å². The zero-order chi connectivity index (χ0) is 15.7. The Hall–Kier alpha value is -3.44. The predicted molar refractivity (Wildman–Crippen MR) is 80.0 cm³/mol. The number of benzene rings is 1. The molecule has 0 aliphatic carbocycles. The smallest absolute Gasteiger partial charge is 0.258 e. The van der Waals surface area contributed by atoms with Gasteiger partial charge in [0, 0.05) is 12.2 Å². The minimum Gasteiger partial charge on any atom is -0.258 e. The van der Waals surface area contributed by atoms with Crippen LogP contribution < -0.4 is 0 Å². The van der Waals surface area contributed by atoms with E-state index < -0.39 is 4.92 Å². The van der Waals surface area contributed by atoms with Gasteiger partial charge in [0.05, 0.1) is 17.6 Å². The summed E-state index contributed by atoms with van der Waals surface area (Å²) in [6.07, 6.45) is 5.30.